The van der Waals surface area contributed by atoms with Crippen LogP contribution in [0.4, 0.5) is 0 Å². The van der Waals surface area contributed by atoms with Crippen LogP contribution in [0.25, 0.3) is 10.9 Å². The molecule has 0 fully saturated rings. The van der Waals surface area contributed by atoms with Crippen molar-refractivity contribution in [2.24, 2.45) is 0 Å². The number of aromatic amines is 1. The molecule has 0 spiro atoms. The van der Waals surface area contributed by atoms with Crippen LogP contribution in [0.3, 0.4) is 0 Å². The summed E-state index contributed by atoms with van der Waals surface area (Å²) in [6, 6.07) is 7.52. The lowest BCUT2D eigenvalue weighted by molar-refractivity contribution is -0.139. The summed E-state index contributed by atoms with van der Waals surface area (Å²) in [6.07, 6.45) is 1.95. The fourth-order valence-electron chi connectivity index (χ4n) is 1.68. The van der Waals surface area contributed by atoms with Crippen molar-refractivity contribution in [2.45, 2.75) is 6.42 Å². The van der Waals surface area contributed by atoms with Crippen molar-refractivity contribution in [3.8, 4) is 6.07 Å². The monoisotopic (exact) mass is 214 g/mol. The number of para-hydroxylation sites is 1. The molecule has 1 aromatic heterocycles. The number of aromatic nitrogens is 1. The average molecular weight is 214 g/mol. The van der Waals surface area contributed by atoms with Gasteiger partial charge in [-0.25, -0.2) is 0 Å². The number of carbonyl (C=O) groups excluding carboxylic acids is 1. The summed E-state index contributed by atoms with van der Waals surface area (Å²) < 4.78 is 4.61. The number of nitrogens with zero attached hydrogens (tertiary/aromatic N) is 1. The maximum absolute atomic E-state index is 11.2. The van der Waals surface area contributed by atoms with E-state index < -0.39 is 0 Å². The Morgan fingerprint density at radius 1 is 1.56 bits per heavy atom. The molecule has 0 bridgehead atoms. The fourth-order valence-corrected chi connectivity index (χ4v) is 1.68. The highest BCUT2D eigenvalue weighted by Gasteiger charge is 2.10. The van der Waals surface area contributed by atoms with Crippen molar-refractivity contribution < 1.29 is 9.53 Å². The second-order valence-electron chi connectivity index (χ2n) is 3.41. The van der Waals surface area contributed by atoms with Gasteiger partial charge < -0.3 is 9.72 Å². The molecule has 0 aliphatic carbocycles. The number of rotatable bonds is 2. The molecular weight excluding hydrogens is 204 g/mol. The summed E-state index contributed by atoms with van der Waals surface area (Å²) in [4.78, 5) is 14.2. The SMILES string of the molecule is COC(=O)Cc1c[nH]c2c(C#N)cccc12. The van der Waals surface area contributed by atoms with Gasteiger partial charge in [0.2, 0.25) is 0 Å². The van der Waals surface area contributed by atoms with E-state index in [1.165, 1.54) is 7.11 Å². The molecule has 0 saturated carbocycles. The maximum Gasteiger partial charge on any atom is 0.310 e. The first-order valence-electron chi connectivity index (χ1n) is 4.82. The Morgan fingerprint density at radius 3 is 3.06 bits per heavy atom. The number of nitriles is 1. The molecule has 4 nitrogen and oxygen atoms in total. The minimum absolute atomic E-state index is 0.214. The number of ether oxygens (including phenoxy) is 1. The van der Waals surface area contributed by atoms with Crippen LogP contribution in [-0.2, 0) is 16.0 Å². The average Bonchev–Trinajstić information content (AvgIpc) is 2.72. The Balaban J connectivity index is 2.50. The number of fused-ring (bicyclic) bond motifs is 1. The van der Waals surface area contributed by atoms with Crippen molar-refractivity contribution >= 4 is 16.9 Å². The number of methoxy groups -OCH3 is 1. The van der Waals surface area contributed by atoms with Crippen LogP contribution in [0, 0.1) is 11.3 Å². The van der Waals surface area contributed by atoms with Crippen LogP contribution >= 0.6 is 0 Å². The van der Waals surface area contributed by atoms with Gasteiger partial charge in [-0.1, -0.05) is 12.1 Å². The highest BCUT2D eigenvalue weighted by Crippen LogP contribution is 2.21. The molecule has 1 N–H and O–H groups in total. The summed E-state index contributed by atoms with van der Waals surface area (Å²) >= 11 is 0. The van der Waals surface area contributed by atoms with Gasteiger partial charge in [0, 0.05) is 11.6 Å². The summed E-state index contributed by atoms with van der Waals surface area (Å²) in [6.45, 7) is 0. The second kappa shape index (κ2) is 4.07. The molecule has 80 valence electrons. The molecule has 0 aliphatic rings. The lowest BCUT2D eigenvalue weighted by Gasteiger charge is -1.98. The van der Waals surface area contributed by atoms with Gasteiger partial charge in [0.05, 0.1) is 24.6 Å². The zero-order valence-corrected chi connectivity index (χ0v) is 8.78. The Hall–Kier alpha value is -2.28. The third kappa shape index (κ3) is 1.63. The third-order valence-electron chi connectivity index (χ3n) is 2.48. The largest absolute Gasteiger partial charge is 0.469 e. The van der Waals surface area contributed by atoms with Crippen LogP contribution in [0.15, 0.2) is 24.4 Å². The standard InChI is InChI=1S/C12H10N2O2/c1-16-11(15)5-9-7-14-12-8(6-13)3-2-4-10(9)12/h2-4,7,14H,5H2,1H3. The van der Waals surface area contributed by atoms with Gasteiger partial charge in [-0.15, -0.1) is 0 Å². The molecule has 2 rings (SSSR count). The van der Waals surface area contributed by atoms with Crippen molar-refractivity contribution in [1.82, 2.24) is 4.98 Å². The highest BCUT2D eigenvalue weighted by atomic mass is 16.5. The number of benzene rings is 1. The zero-order valence-electron chi connectivity index (χ0n) is 8.78. The van der Waals surface area contributed by atoms with E-state index in [1.807, 2.05) is 6.07 Å². The first-order valence-corrected chi connectivity index (χ1v) is 4.82. The summed E-state index contributed by atoms with van der Waals surface area (Å²) in [5.41, 5.74) is 2.19. The lowest BCUT2D eigenvalue weighted by Crippen LogP contribution is -2.03. The Morgan fingerprint density at radius 2 is 2.38 bits per heavy atom. The van der Waals surface area contributed by atoms with E-state index in [4.69, 9.17) is 5.26 Å². The molecule has 0 aliphatic heterocycles. The number of nitrogens with one attached hydrogen (secondary N) is 1. The van der Waals surface area contributed by atoms with Crippen LogP contribution in [0.5, 0.6) is 0 Å². The summed E-state index contributed by atoms with van der Waals surface area (Å²) in [5.74, 6) is -0.289. The van der Waals surface area contributed by atoms with Gasteiger partial charge in [-0.2, -0.15) is 5.26 Å². The van der Waals surface area contributed by atoms with Crippen molar-refractivity contribution in [3.05, 3.63) is 35.5 Å². The number of hydrogen-bond donors (Lipinski definition) is 1. The van der Waals surface area contributed by atoms with Gasteiger partial charge in [-0.3, -0.25) is 4.79 Å². The van der Waals surface area contributed by atoms with Crippen LogP contribution in [0.2, 0.25) is 0 Å². The Bertz CT molecular complexity index is 578. The smallest absolute Gasteiger partial charge is 0.310 e. The van der Waals surface area contributed by atoms with E-state index >= 15 is 0 Å². The minimum atomic E-state index is -0.289. The molecule has 0 amide bonds. The third-order valence-corrected chi connectivity index (χ3v) is 2.48. The quantitative estimate of drug-likeness (QED) is 0.774. The summed E-state index contributed by atoms with van der Waals surface area (Å²) in [7, 11) is 1.36. The molecule has 0 radical (unpaired) electrons. The first kappa shape index (κ1) is 10.2. The van der Waals surface area contributed by atoms with Gasteiger partial charge in [0.25, 0.3) is 0 Å². The van der Waals surface area contributed by atoms with Crippen molar-refractivity contribution in [2.75, 3.05) is 7.11 Å². The molecule has 0 atom stereocenters. The van der Waals surface area contributed by atoms with E-state index in [0.29, 0.717) is 5.56 Å². The van der Waals surface area contributed by atoms with Crippen LogP contribution in [0.1, 0.15) is 11.1 Å². The second-order valence-corrected chi connectivity index (χ2v) is 3.41. The molecule has 16 heavy (non-hydrogen) atoms. The number of H-pyrrole nitrogens is 1. The molecule has 4 heteroatoms. The number of esters is 1. The van der Waals surface area contributed by atoms with Crippen molar-refractivity contribution in [1.29, 1.82) is 5.26 Å². The first-order chi connectivity index (χ1) is 7.76. The molecule has 1 heterocycles. The predicted molar refractivity (Wildman–Crippen MR) is 58.7 cm³/mol. The van der Waals surface area contributed by atoms with Gasteiger partial charge in [0.15, 0.2) is 0 Å². The number of hydrogen-bond acceptors (Lipinski definition) is 3. The maximum atomic E-state index is 11.2. The molecule has 0 saturated heterocycles. The van der Waals surface area contributed by atoms with E-state index in [0.717, 1.165) is 16.5 Å². The van der Waals surface area contributed by atoms with Gasteiger partial charge in [-0.05, 0) is 11.6 Å². The van der Waals surface area contributed by atoms with E-state index in [9.17, 15) is 4.79 Å². The molecule has 0 unspecified atom stereocenters. The normalized spacial score (nSPS) is 10.0. The lowest BCUT2D eigenvalue weighted by atomic mass is 10.1. The zero-order chi connectivity index (χ0) is 11.5. The summed E-state index contributed by atoms with van der Waals surface area (Å²) in [5, 5.41) is 9.80. The van der Waals surface area contributed by atoms with Gasteiger partial charge >= 0.3 is 5.97 Å². The fraction of sp³-hybridized carbons (Fsp3) is 0.167. The predicted octanol–water partition coefficient (Wildman–Crippen LogP) is 1.76. The van der Waals surface area contributed by atoms with Gasteiger partial charge in [0.1, 0.15) is 6.07 Å². The molecule has 1 aromatic carbocycles. The van der Waals surface area contributed by atoms with Crippen molar-refractivity contribution in [3.63, 3.8) is 0 Å². The number of carbonyl (C=O) groups is 1. The minimum Gasteiger partial charge on any atom is -0.469 e. The topological polar surface area (TPSA) is 65.9 Å². The van der Waals surface area contributed by atoms with E-state index in [-0.39, 0.29) is 12.4 Å². The Kier molecular flexibility index (Phi) is 2.61. The highest BCUT2D eigenvalue weighted by molar-refractivity contribution is 5.90. The molecular formula is C12H10N2O2. The van der Waals surface area contributed by atoms with E-state index in [2.05, 4.69) is 15.8 Å². The molecule has 2 aromatic rings. The Labute approximate surface area is 92.4 Å². The van der Waals surface area contributed by atoms with E-state index in [1.54, 1.807) is 18.3 Å². The van der Waals surface area contributed by atoms with Crippen LogP contribution < -0.4 is 0 Å². The van der Waals surface area contributed by atoms with Crippen LogP contribution in [-0.4, -0.2) is 18.1 Å².